The van der Waals surface area contributed by atoms with Gasteiger partial charge in [0.15, 0.2) is 0 Å². The summed E-state index contributed by atoms with van der Waals surface area (Å²) in [7, 11) is 0. The third-order valence-corrected chi connectivity index (χ3v) is 13.3. The van der Waals surface area contributed by atoms with Crippen molar-refractivity contribution in [2.75, 3.05) is 4.90 Å². The predicted molar refractivity (Wildman–Crippen MR) is 270 cm³/mol. The number of rotatable bonds is 8. The third kappa shape index (κ3) is 6.01. The molecule has 1 aliphatic rings. The van der Waals surface area contributed by atoms with Crippen LogP contribution in [0.2, 0.25) is 0 Å². The van der Waals surface area contributed by atoms with E-state index in [1.54, 1.807) is 0 Å². The zero-order chi connectivity index (χ0) is 42.5. The van der Waals surface area contributed by atoms with Gasteiger partial charge in [0.2, 0.25) is 0 Å². The zero-order valence-corrected chi connectivity index (χ0v) is 35.3. The molecule has 1 nitrogen and oxygen atoms in total. The largest absolute Gasteiger partial charge is 0.310 e. The quantitative estimate of drug-likeness (QED) is 0.148. The molecule has 0 aromatic heterocycles. The number of nitrogens with zero attached hydrogens (tertiary/aromatic N) is 1. The van der Waals surface area contributed by atoms with Crippen molar-refractivity contribution >= 4 is 38.6 Å². The Hall–Kier alpha value is -8.26. The van der Waals surface area contributed by atoms with Crippen LogP contribution in [-0.2, 0) is 5.41 Å². The van der Waals surface area contributed by atoms with E-state index < -0.39 is 5.41 Å². The molecule has 0 saturated heterocycles. The van der Waals surface area contributed by atoms with E-state index in [9.17, 15) is 0 Å². The first-order chi connectivity index (χ1) is 31.8. The normalized spacial score (nSPS) is 12.5. The monoisotopic (exact) mass is 813 g/mol. The molecule has 300 valence electrons. The van der Waals surface area contributed by atoms with Gasteiger partial charge in [0.25, 0.3) is 0 Å². The molecule has 11 aromatic carbocycles. The average molecular weight is 814 g/mol. The fourth-order valence-corrected chi connectivity index (χ4v) is 10.6. The smallest absolute Gasteiger partial charge is 0.0714 e. The highest BCUT2D eigenvalue weighted by atomic mass is 15.1. The van der Waals surface area contributed by atoms with E-state index in [4.69, 9.17) is 0 Å². The molecule has 0 atom stereocenters. The first-order valence-corrected chi connectivity index (χ1v) is 22.2. The molecule has 0 aliphatic heterocycles. The fraction of sp³-hybridized carbons (Fsp3) is 0.0159. The first kappa shape index (κ1) is 37.5. The second-order valence-corrected chi connectivity index (χ2v) is 16.8. The van der Waals surface area contributed by atoms with Crippen LogP contribution in [0.4, 0.5) is 17.1 Å². The second-order valence-electron chi connectivity index (χ2n) is 16.8. The SMILES string of the molecule is c1ccc(-c2cccc3cccc(-c4ccccc4N(c4cccc(-c5cccc6ccccc56)c4)c4ccc5c(c4)C(c4ccccc4)(c4ccccc4)c4ccccc4-5)c23)cc1. The van der Waals surface area contributed by atoms with E-state index >= 15 is 0 Å². The molecule has 64 heavy (non-hydrogen) atoms. The summed E-state index contributed by atoms with van der Waals surface area (Å²) in [6, 6.07) is 96.0. The van der Waals surface area contributed by atoms with E-state index in [1.165, 1.54) is 82.7 Å². The Balaban J connectivity index is 1.15. The lowest BCUT2D eigenvalue weighted by molar-refractivity contribution is 0.768. The average Bonchev–Trinajstić information content (AvgIpc) is 3.67. The lowest BCUT2D eigenvalue weighted by atomic mass is 9.67. The highest BCUT2D eigenvalue weighted by molar-refractivity contribution is 6.09. The zero-order valence-electron chi connectivity index (χ0n) is 35.3. The topological polar surface area (TPSA) is 3.24 Å². The van der Waals surface area contributed by atoms with Crippen LogP contribution in [0.1, 0.15) is 22.3 Å². The van der Waals surface area contributed by atoms with Crippen LogP contribution >= 0.6 is 0 Å². The van der Waals surface area contributed by atoms with Crippen molar-refractivity contribution in [3.63, 3.8) is 0 Å². The van der Waals surface area contributed by atoms with Gasteiger partial charge >= 0.3 is 0 Å². The van der Waals surface area contributed by atoms with Crippen LogP contribution in [0, 0.1) is 0 Å². The maximum atomic E-state index is 2.50. The van der Waals surface area contributed by atoms with Gasteiger partial charge in [0.1, 0.15) is 0 Å². The van der Waals surface area contributed by atoms with Crippen LogP contribution in [0.25, 0.3) is 66.1 Å². The van der Waals surface area contributed by atoms with Crippen LogP contribution in [-0.4, -0.2) is 0 Å². The summed E-state index contributed by atoms with van der Waals surface area (Å²) in [5.41, 5.74) is 17.5. The van der Waals surface area contributed by atoms with Crippen molar-refractivity contribution in [1.82, 2.24) is 0 Å². The molecule has 11 aromatic rings. The van der Waals surface area contributed by atoms with Crippen molar-refractivity contribution in [1.29, 1.82) is 0 Å². The van der Waals surface area contributed by atoms with Crippen molar-refractivity contribution in [3.05, 3.63) is 283 Å². The Labute approximate surface area is 374 Å². The summed E-state index contributed by atoms with van der Waals surface area (Å²) in [4.78, 5) is 2.50. The van der Waals surface area contributed by atoms with Crippen molar-refractivity contribution < 1.29 is 0 Å². The molecule has 0 radical (unpaired) electrons. The van der Waals surface area contributed by atoms with E-state index in [0.29, 0.717) is 0 Å². The molecule has 0 N–H and O–H groups in total. The molecular formula is C63H43N. The minimum absolute atomic E-state index is 0.541. The maximum Gasteiger partial charge on any atom is 0.0714 e. The van der Waals surface area contributed by atoms with E-state index in [2.05, 4.69) is 266 Å². The Kier molecular flexibility index (Phi) is 9.13. The summed E-state index contributed by atoms with van der Waals surface area (Å²) in [6.45, 7) is 0. The van der Waals surface area contributed by atoms with Gasteiger partial charge in [-0.2, -0.15) is 0 Å². The molecular weight excluding hydrogens is 771 g/mol. The standard InChI is InChI=1S/C63H43N/c1-4-20-45(21-5-1)54-36-18-24-46-25-19-37-58(62(46)54)57-34-13-15-39-61(57)64(50-31-16-26-47(42-50)53-35-17-23-44-22-10-11-32-52(44)53)51-40-41-56-55-33-12-14-38-59(55)63(60(56)43-51,48-27-6-2-7-28-48)49-29-8-3-9-30-49/h1-43H. The Morgan fingerprint density at radius 3 is 1.56 bits per heavy atom. The van der Waals surface area contributed by atoms with Crippen molar-refractivity contribution in [2.24, 2.45) is 0 Å². The Morgan fingerprint density at radius 2 is 0.797 bits per heavy atom. The van der Waals surface area contributed by atoms with Gasteiger partial charge in [-0.05, 0) is 113 Å². The van der Waals surface area contributed by atoms with Gasteiger partial charge < -0.3 is 4.90 Å². The third-order valence-electron chi connectivity index (χ3n) is 13.3. The second kappa shape index (κ2) is 15.6. The van der Waals surface area contributed by atoms with Gasteiger partial charge in [0.05, 0.1) is 11.1 Å². The summed E-state index contributed by atoms with van der Waals surface area (Å²) >= 11 is 0. The van der Waals surface area contributed by atoms with E-state index in [1.807, 2.05) is 0 Å². The number of para-hydroxylation sites is 1. The summed E-state index contributed by atoms with van der Waals surface area (Å²) in [5.74, 6) is 0. The molecule has 0 fully saturated rings. The van der Waals surface area contributed by atoms with Crippen molar-refractivity contribution in [3.8, 4) is 44.5 Å². The molecule has 0 amide bonds. The number of hydrogen-bond acceptors (Lipinski definition) is 1. The minimum Gasteiger partial charge on any atom is -0.310 e. The predicted octanol–water partition coefficient (Wildman–Crippen LogP) is 16.8. The molecule has 1 aliphatic carbocycles. The lowest BCUT2D eigenvalue weighted by Crippen LogP contribution is -2.28. The van der Waals surface area contributed by atoms with E-state index in [0.717, 1.165) is 22.6 Å². The number of benzene rings is 11. The number of anilines is 3. The highest BCUT2D eigenvalue weighted by Gasteiger charge is 2.46. The van der Waals surface area contributed by atoms with Crippen LogP contribution in [0.3, 0.4) is 0 Å². The van der Waals surface area contributed by atoms with Crippen LogP contribution in [0.5, 0.6) is 0 Å². The Bertz CT molecular complexity index is 3450. The van der Waals surface area contributed by atoms with Gasteiger partial charge in [-0.1, -0.05) is 231 Å². The van der Waals surface area contributed by atoms with Crippen LogP contribution < -0.4 is 4.90 Å². The van der Waals surface area contributed by atoms with Crippen LogP contribution in [0.15, 0.2) is 261 Å². The summed E-state index contributed by atoms with van der Waals surface area (Å²) < 4.78 is 0. The number of hydrogen-bond donors (Lipinski definition) is 0. The molecule has 0 spiro atoms. The van der Waals surface area contributed by atoms with Crippen molar-refractivity contribution in [2.45, 2.75) is 5.41 Å². The maximum absolute atomic E-state index is 2.50. The lowest BCUT2D eigenvalue weighted by Gasteiger charge is -2.35. The molecule has 0 saturated carbocycles. The molecule has 0 heterocycles. The molecule has 0 bridgehead atoms. The minimum atomic E-state index is -0.541. The molecule has 0 unspecified atom stereocenters. The highest BCUT2D eigenvalue weighted by Crippen LogP contribution is 2.57. The van der Waals surface area contributed by atoms with Gasteiger partial charge in [0, 0.05) is 16.9 Å². The fourth-order valence-electron chi connectivity index (χ4n) is 10.6. The van der Waals surface area contributed by atoms with Gasteiger partial charge in [-0.3, -0.25) is 0 Å². The number of fused-ring (bicyclic) bond motifs is 5. The molecule has 12 rings (SSSR count). The summed E-state index contributed by atoms with van der Waals surface area (Å²) in [6.07, 6.45) is 0. The Morgan fingerprint density at radius 1 is 0.281 bits per heavy atom. The molecule has 1 heteroatoms. The van der Waals surface area contributed by atoms with E-state index in [-0.39, 0.29) is 0 Å². The first-order valence-electron chi connectivity index (χ1n) is 22.2. The summed E-state index contributed by atoms with van der Waals surface area (Å²) in [5, 5.41) is 4.92. The van der Waals surface area contributed by atoms with Gasteiger partial charge in [-0.15, -0.1) is 0 Å². The van der Waals surface area contributed by atoms with Gasteiger partial charge in [-0.25, -0.2) is 0 Å².